The lowest BCUT2D eigenvalue weighted by atomic mass is 9.73. The molecule has 0 aliphatic heterocycles. The first-order chi connectivity index (χ1) is 7.69. The van der Waals surface area contributed by atoms with E-state index >= 15 is 0 Å². The summed E-state index contributed by atoms with van der Waals surface area (Å²) in [5.74, 6) is 0.424. The third-order valence-electron chi connectivity index (χ3n) is 3.51. The fraction of sp³-hybridized carbons (Fsp3) is 0.714. The van der Waals surface area contributed by atoms with Crippen molar-refractivity contribution in [1.29, 1.82) is 0 Å². The molecule has 1 aliphatic rings. The number of rotatable bonds is 0. The Kier molecular flexibility index (Phi) is 2.68. The van der Waals surface area contributed by atoms with Crippen molar-refractivity contribution in [3.63, 3.8) is 0 Å². The van der Waals surface area contributed by atoms with E-state index < -0.39 is 0 Å². The second-order valence-electron chi connectivity index (χ2n) is 6.95. The highest BCUT2D eigenvalue weighted by Crippen LogP contribution is 2.38. The second kappa shape index (κ2) is 3.69. The van der Waals surface area contributed by atoms with E-state index in [9.17, 15) is 0 Å². The molecule has 0 radical (unpaired) electrons. The van der Waals surface area contributed by atoms with E-state index in [4.69, 9.17) is 5.73 Å². The van der Waals surface area contributed by atoms with E-state index in [2.05, 4.69) is 44.6 Å². The van der Waals surface area contributed by atoms with Gasteiger partial charge in [-0.05, 0) is 30.2 Å². The van der Waals surface area contributed by atoms with Crippen molar-refractivity contribution in [2.24, 2.45) is 5.41 Å². The Balaban J connectivity index is 2.58. The molecule has 1 aromatic rings. The Morgan fingerprint density at radius 2 is 1.82 bits per heavy atom. The zero-order valence-corrected chi connectivity index (χ0v) is 11.6. The molecule has 2 rings (SSSR count). The Morgan fingerprint density at radius 3 is 2.41 bits per heavy atom. The summed E-state index contributed by atoms with van der Waals surface area (Å²) in [6.45, 7) is 11.2. The molecule has 3 heteroatoms. The van der Waals surface area contributed by atoms with Crippen molar-refractivity contribution in [2.45, 2.75) is 59.3 Å². The highest BCUT2D eigenvalue weighted by molar-refractivity contribution is 5.38. The van der Waals surface area contributed by atoms with Crippen molar-refractivity contribution in [3.05, 3.63) is 17.0 Å². The number of anilines is 1. The number of aromatic nitrogens is 2. The van der Waals surface area contributed by atoms with Crippen LogP contribution in [0.15, 0.2) is 0 Å². The number of aryl methyl sites for hydroxylation is 1. The molecule has 0 spiro atoms. The van der Waals surface area contributed by atoms with Crippen LogP contribution in [0.5, 0.6) is 0 Å². The van der Waals surface area contributed by atoms with Crippen molar-refractivity contribution in [1.82, 2.24) is 9.97 Å². The highest BCUT2D eigenvalue weighted by atomic mass is 15.0. The maximum atomic E-state index is 5.82. The molecule has 0 atom stereocenters. The van der Waals surface area contributed by atoms with Crippen LogP contribution in [0.4, 0.5) is 5.95 Å². The van der Waals surface area contributed by atoms with Gasteiger partial charge in [0.15, 0.2) is 0 Å². The SMILES string of the molecule is CC1(C)CCc2nc(N)nc(C(C)(C)C)c2C1. The van der Waals surface area contributed by atoms with Gasteiger partial charge in [0.1, 0.15) is 0 Å². The summed E-state index contributed by atoms with van der Waals surface area (Å²) in [5, 5.41) is 0. The molecule has 2 N–H and O–H groups in total. The van der Waals surface area contributed by atoms with E-state index in [0.717, 1.165) is 18.5 Å². The summed E-state index contributed by atoms with van der Waals surface area (Å²) in [4.78, 5) is 8.91. The van der Waals surface area contributed by atoms with Crippen LogP contribution in [0.1, 0.15) is 58.0 Å². The molecule has 94 valence electrons. The minimum absolute atomic E-state index is 0.0363. The Bertz CT molecular complexity index is 442. The second-order valence-corrected chi connectivity index (χ2v) is 6.95. The van der Waals surface area contributed by atoms with E-state index in [0.29, 0.717) is 11.4 Å². The van der Waals surface area contributed by atoms with Crippen LogP contribution in [0.2, 0.25) is 0 Å². The summed E-state index contributed by atoms with van der Waals surface area (Å²) in [6.07, 6.45) is 3.27. The van der Waals surface area contributed by atoms with Crippen molar-refractivity contribution in [2.75, 3.05) is 5.73 Å². The molecule has 0 unspecified atom stereocenters. The standard InChI is InChI=1S/C14H23N3/c1-13(2,3)11-9-8-14(4,5)7-6-10(9)16-12(15)17-11/h6-8H2,1-5H3,(H2,15,16,17). The summed E-state index contributed by atoms with van der Waals surface area (Å²) in [6, 6.07) is 0. The van der Waals surface area contributed by atoms with Gasteiger partial charge < -0.3 is 5.73 Å². The van der Waals surface area contributed by atoms with E-state index in [-0.39, 0.29) is 5.41 Å². The maximum Gasteiger partial charge on any atom is 0.220 e. The lowest BCUT2D eigenvalue weighted by Gasteiger charge is -2.34. The number of nitrogens with two attached hydrogens (primary N) is 1. The largest absolute Gasteiger partial charge is 0.368 e. The first-order valence-electron chi connectivity index (χ1n) is 6.35. The smallest absolute Gasteiger partial charge is 0.220 e. The molecule has 1 aliphatic carbocycles. The molecule has 0 fully saturated rings. The monoisotopic (exact) mass is 233 g/mol. The van der Waals surface area contributed by atoms with Gasteiger partial charge in [0.2, 0.25) is 5.95 Å². The van der Waals surface area contributed by atoms with Crippen LogP contribution in [0, 0.1) is 5.41 Å². The predicted molar refractivity (Wildman–Crippen MR) is 71.0 cm³/mol. The van der Waals surface area contributed by atoms with Crippen LogP contribution < -0.4 is 5.73 Å². The van der Waals surface area contributed by atoms with Gasteiger partial charge in [-0.2, -0.15) is 0 Å². The van der Waals surface area contributed by atoms with Gasteiger partial charge in [-0.3, -0.25) is 0 Å². The summed E-state index contributed by atoms with van der Waals surface area (Å²) < 4.78 is 0. The van der Waals surface area contributed by atoms with Crippen LogP contribution in [-0.4, -0.2) is 9.97 Å². The Labute approximate surface area is 104 Å². The first kappa shape index (κ1) is 12.3. The molecular weight excluding hydrogens is 210 g/mol. The van der Waals surface area contributed by atoms with Crippen molar-refractivity contribution < 1.29 is 0 Å². The lowest BCUT2D eigenvalue weighted by molar-refractivity contribution is 0.307. The first-order valence-corrected chi connectivity index (χ1v) is 6.35. The average Bonchev–Trinajstić information content (AvgIpc) is 2.15. The van der Waals surface area contributed by atoms with Crippen molar-refractivity contribution >= 4 is 5.95 Å². The molecule has 0 amide bonds. The number of nitrogens with zero attached hydrogens (tertiary/aromatic N) is 2. The topological polar surface area (TPSA) is 51.8 Å². The van der Waals surface area contributed by atoms with Gasteiger partial charge in [0.05, 0.1) is 5.69 Å². The van der Waals surface area contributed by atoms with Gasteiger partial charge in [0, 0.05) is 11.1 Å². The summed E-state index contributed by atoms with van der Waals surface area (Å²) in [7, 11) is 0. The van der Waals surface area contributed by atoms with E-state index in [1.54, 1.807) is 0 Å². The fourth-order valence-corrected chi connectivity index (χ4v) is 2.59. The van der Waals surface area contributed by atoms with Gasteiger partial charge in [0.25, 0.3) is 0 Å². The lowest BCUT2D eigenvalue weighted by Crippen LogP contribution is -2.29. The molecule has 0 saturated heterocycles. The summed E-state index contributed by atoms with van der Waals surface area (Å²) >= 11 is 0. The highest BCUT2D eigenvalue weighted by Gasteiger charge is 2.32. The minimum atomic E-state index is 0.0363. The van der Waals surface area contributed by atoms with Gasteiger partial charge in [-0.1, -0.05) is 34.6 Å². The van der Waals surface area contributed by atoms with Crippen LogP contribution in [0.3, 0.4) is 0 Å². The fourth-order valence-electron chi connectivity index (χ4n) is 2.59. The zero-order valence-electron chi connectivity index (χ0n) is 11.6. The quantitative estimate of drug-likeness (QED) is 0.749. The number of hydrogen-bond acceptors (Lipinski definition) is 3. The van der Waals surface area contributed by atoms with E-state index in [1.165, 1.54) is 17.7 Å². The third-order valence-corrected chi connectivity index (χ3v) is 3.51. The Hall–Kier alpha value is -1.12. The Morgan fingerprint density at radius 1 is 1.18 bits per heavy atom. The molecule has 3 nitrogen and oxygen atoms in total. The molecule has 1 heterocycles. The number of nitrogen functional groups attached to an aromatic ring is 1. The molecule has 0 saturated carbocycles. The van der Waals surface area contributed by atoms with Crippen LogP contribution in [0.25, 0.3) is 0 Å². The zero-order chi connectivity index (χ0) is 12.8. The molecule has 1 aromatic heterocycles. The van der Waals surface area contributed by atoms with Crippen LogP contribution in [-0.2, 0) is 18.3 Å². The van der Waals surface area contributed by atoms with Gasteiger partial charge >= 0.3 is 0 Å². The minimum Gasteiger partial charge on any atom is -0.368 e. The number of fused-ring (bicyclic) bond motifs is 1. The number of hydrogen-bond donors (Lipinski definition) is 1. The van der Waals surface area contributed by atoms with Crippen molar-refractivity contribution in [3.8, 4) is 0 Å². The summed E-state index contributed by atoms with van der Waals surface area (Å²) in [5.41, 5.74) is 9.85. The maximum absolute atomic E-state index is 5.82. The van der Waals surface area contributed by atoms with Crippen LogP contribution >= 0.6 is 0 Å². The van der Waals surface area contributed by atoms with Gasteiger partial charge in [-0.25, -0.2) is 9.97 Å². The molecular formula is C14H23N3. The van der Waals surface area contributed by atoms with E-state index in [1.807, 2.05) is 0 Å². The molecule has 0 aromatic carbocycles. The molecule has 17 heavy (non-hydrogen) atoms. The third kappa shape index (κ3) is 2.43. The molecule has 0 bridgehead atoms. The average molecular weight is 233 g/mol. The predicted octanol–water partition coefficient (Wildman–Crippen LogP) is 2.87. The normalized spacial score (nSPS) is 18.9. The van der Waals surface area contributed by atoms with Gasteiger partial charge in [-0.15, -0.1) is 0 Å².